The third-order valence-electron chi connectivity index (χ3n) is 4.21. The first-order valence-electron chi connectivity index (χ1n) is 8.09. The first-order valence-corrected chi connectivity index (χ1v) is 8.09. The van der Waals surface area contributed by atoms with Gasteiger partial charge in [0.15, 0.2) is 0 Å². The molecule has 0 radical (unpaired) electrons. The van der Waals surface area contributed by atoms with Crippen LogP contribution < -0.4 is 5.32 Å². The van der Waals surface area contributed by atoms with Crippen molar-refractivity contribution in [3.05, 3.63) is 18.0 Å². The average molecular weight is 292 g/mol. The number of aromatic nitrogens is 2. The van der Waals surface area contributed by atoms with E-state index in [-0.39, 0.29) is 5.91 Å². The fraction of sp³-hybridized carbons (Fsp3) is 0.750. The molecule has 1 aliphatic carbocycles. The fourth-order valence-corrected chi connectivity index (χ4v) is 3.24. The van der Waals surface area contributed by atoms with Crippen LogP contribution in [0.15, 0.2) is 12.3 Å². The van der Waals surface area contributed by atoms with E-state index in [9.17, 15) is 4.79 Å². The normalized spacial score (nSPS) is 22.5. The summed E-state index contributed by atoms with van der Waals surface area (Å²) in [6.07, 6.45) is 7.47. The predicted octanol–water partition coefficient (Wildman–Crippen LogP) is 2.14. The fourth-order valence-electron chi connectivity index (χ4n) is 3.24. The maximum atomic E-state index is 12.5. The van der Waals surface area contributed by atoms with E-state index in [4.69, 9.17) is 0 Å². The maximum Gasteiger partial charge on any atom is 0.269 e. The molecule has 0 spiro atoms. The number of carbonyl (C=O) groups is 1. The summed E-state index contributed by atoms with van der Waals surface area (Å²) in [7, 11) is 4.20. The van der Waals surface area contributed by atoms with Crippen LogP contribution in [0.5, 0.6) is 0 Å². The van der Waals surface area contributed by atoms with Crippen LogP contribution in [-0.4, -0.2) is 47.3 Å². The Bertz CT molecular complexity index is 455. The van der Waals surface area contributed by atoms with Crippen molar-refractivity contribution in [1.82, 2.24) is 20.0 Å². The van der Waals surface area contributed by atoms with Gasteiger partial charge in [-0.1, -0.05) is 19.8 Å². The highest BCUT2D eigenvalue weighted by Gasteiger charge is 2.27. The molecule has 2 atom stereocenters. The van der Waals surface area contributed by atoms with Crippen molar-refractivity contribution >= 4 is 5.91 Å². The Kier molecular flexibility index (Phi) is 5.79. The predicted molar refractivity (Wildman–Crippen MR) is 84.3 cm³/mol. The monoisotopic (exact) mass is 292 g/mol. The number of nitrogens with zero attached hydrogens (tertiary/aromatic N) is 3. The molecule has 21 heavy (non-hydrogen) atoms. The Hall–Kier alpha value is -1.36. The molecule has 5 heteroatoms. The number of hydrogen-bond donors (Lipinski definition) is 1. The SMILES string of the molecule is CCCn1nccc1C(=O)NC1CCCCC1CN(C)C. The highest BCUT2D eigenvalue weighted by atomic mass is 16.2. The highest BCUT2D eigenvalue weighted by molar-refractivity contribution is 5.92. The molecule has 0 bridgehead atoms. The average Bonchev–Trinajstić information content (AvgIpc) is 2.89. The summed E-state index contributed by atoms with van der Waals surface area (Å²) < 4.78 is 1.80. The van der Waals surface area contributed by atoms with Gasteiger partial charge in [0.1, 0.15) is 5.69 Å². The molecule has 0 aromatic carbocycles. The number of carbonyl (C=O) groups excluding carboxylic acids is 1. The number of nitrogens with one attached hydrogen (secondary N) is 1. The number of hydrogen-bond acceptors (Lipinski definition) is 3. The summed E-state index contributed by atoms with van der Waals surface area (Å²) in [5, 5.41) is 7.48. The van der Waals surface area contributed by atoms with Gasteiger partial charge in [-0.15, -0.1) is 0 Å². The molecule has 1 fully saturated rings. The van der Waals surface area contributed by atoms with Gasteiger partial charge in [0.2, 0.25) is 0 Å². The Morgan fingerprint density at radius 1 is 1.43 bits per heavy atom. The zero-order valence-corrected chi connectivity index (χ0v) is 13.5. The van der Waals surface area contributed by atoms with Gasteiger partial charge >= 0.3 is 0 Å². The first-order chi connectivity index (χ1) is 10.1. The van der Waals surface area contributed by atoms with Gasteiger partial charge in [-0.3, -0.25) is 9.48 Å². The van der Waals surface area contributed by atoms with E-state index in [0.29, 0.717) is 17.7 Å². The third kappa shape index (κ3) is 4.30. The Morgan fingerprint density at radius 3 is 2.90 bits per heavy atom. The molecule has 1 N–H and O–H groups in total. The second kappa shape index (κ2) is 7.59. The second-order valence-electron chi connectivity index (χ2n) is 6.33. The Morgan fingerprint density at radius 2 is 2.19 bits per heavy atom. The van der Waals surface area contributed by atoms with Crippen molar-refractivity contribution in [1.29, 1.82) is 0 Å². The summed E-state index contributed by atoms with van der Waals surface area (Å²) in [5.74, 6) is 0.580. The number of aryl methyl sites for hydroxylation is 1. The molecular formula is C16H28N4O. The Balaban J connectivity index is 2.00. The van der Waals surface area contributed by atoms with Crippen molar-refractivity contribution in [3.8, 4) is 0 Å². The number of rotatable bonds is 6. The van der Waals surface area contributed by atoms with Crippen molar-refractivity contribution in [2.24, 2.45) is 5.92 Å². The zero-order chi connectivity index (χ0) is 15.2. The molecule has 1 amide bonds. The molecule has 0 saturated heterocycles. The lowest BCUT2D eigenvalue weighted by Gasteiger charge is -2.34. The van der Waals surface area contributed by atoms with Crippen LogP contribution in [0.3, 0.4) is 0 Å². The van der Waals surface area contributed by atoms with Crippen LogP contribution in [-0.2, 0) is 6.54 Å². The summed E-state index contributed by atoms with van der Waals surface area (Å²) in [6, 6.07) is 2.10. The molecule has 2 rings (SSSR count). The van der Waals surface area contributed by atoms with Crippen LogP contribution in [0.25, 0.3) is 0 Å². The summed E-state index contributed by atoms with van der Waals surface area (Å²) in [4.78, 5) is 14.7. The minimum Gasteiger partial charge on any atom is -0.348 e. The second-order valence-corrected chi connectivity index (χ2v) is 6.33. The third-order valence-corrected chi connectivity index (χ3v) is 4.21. The smallest absolute Gasteiger partial charge is 0.269 e. The topological polar surface area (TPSA) is 50.2 Å². The summed E-state index contributed by atoms with van der Waals surface area (Å²) in [6.45, 7) is 3.93. The lowest BCUT2D eigenvalue weighted by molar-refractivity contribution is 0.0884. The molecule has 1 saturated carbocycles. The van der Waals surface area contributed by atoms with Crippen molar-refractivity contribution in [2.45, 2.75) is 51.6 Å². The molecule has 1 aromatic heterocycles. The highest BCUT2D eigenvalue weighted by Crippen LogP contribution is 2.25. The van der Waals surface area contributed by atoms with Crippen LogP contribution >= 0.6 is 0 Å². The standard InChI is InChI=1S/C16H28N4O/c1-4-11-20-15(9-10-17-20)16(21)18-14-8-6-5-7-13(14)12-19(2)3/h9-10,13-14H,4-8,11-12H2,1-3H3,(H,18,21). The molecular weight excluding hydrogens is 264 g/mol. The van der Waals surface area contributed by atoms with Gasteiger partial charge in [0, 0.05) is 25.3 Å². The van der Waals surface area contributed by atoms with Crippen molar-refractivity contribution < 1.29 is 4.79 Å². The molecule has 2 unspecified atom stereocenters. The van der Waals surface area contributed by atoms with E-state index in [1.807, 2.05) is 6.07 Å². The van der Waals surface area contributed by atoms with Gasteiger partial charge in [-0.25, -0.2) is 0 Å². The van der Waals surface area contributed by atoms with Gasteiger partial charge in [0.25, 0.3) is 5.91 Å². The van der Waals surface area contributed by atoms with E-state index in [1.54, 1.807) is 10.9 Å². The minimum absolute atomic E-state index is 0.0246. The quantitative estimate of drug-likeness (QED) is 0.874. The van der Waals surface area contributed by atoms with E-state index in [0.717, 1.165) is 25.9 Å². The van der Waals surface area contributed by atoms with Gasteiger partial charge < -0.3 is 10.2 Å². The van der Waals surface area contributed by atoms with E-state index >= 15 is 0 Å². The molecule has 1 aromatic rings. The van der Waals surface area contributed by atoms with Gasteiger partial charge in [0.05, 0.1) is 0 Å². The largest absolute Gasteiger partial charge is 0.348 e. The Labute approximate surface area is 127 Å². The molecule has 5 nitrogen and oxygen atoms in total. The summed E-state index contributed by atoms with van der Waals surface area (Å²) in [5.41, 5.74) is 0.686. The lowest BCUT2D eigenvalue weighted by Crippen LogP contribution is -2.45. The molecule has 1 heterocycles. The number of amides is 1. The zero-order valence-electron chi connectivity index (χ0n) is 13.5. The molecule has 0 aliphatic heterocycles. The van der Waals surface area contributed by atoms with Crippen LogP contribution in [0.4, 0.5) is 0 Å². The van der Waals surface area contributed by atoms with Crippen LogP contribution in [0, 0.1) is 5.92 Å². The van der Waals surface area contributed by atoms with Crippen LogP contribution in [0.1, 0.15) is 49.5 Å². The first kappa shape index (κ1) is 16.0. The molecule has 1 aliphatic rings. The lowest BCUT2D eigenvalue weighted by atomic mass is 9.84. The van der Waals surface area contributed by atoms with Crippen molar-refractivity contribution in [3.63, 3.8) is 0 Å². The summed E-state index contributed by atoms with van der Waals surface area (Å²) >= 11 is 0. The van der Waals surface area contributed by atoms with Crippen molar-refractivity contribution in [2.75, 3.05) is 20.6 Å². The molecule has 118 valence electrons. The van der Waals surface area contributed by atoms with Gasteiger partial charge in [-0.2, -0.15) is 5.10 Å². The van der Waals surface area contributed by atoms with Crippen LogP contribution in [0.2, 0.25) is 0 Å². The van der Waals surface area contributed by atoms with E-state index < -0.39 is 0 Å². The minimum atomic E-state index is 0.0246. The van der Waals surface area contributed by atoms with E-state index in [2.05, 4.69) is 36.3 Å². The van der Waals surface area contributed by atoms with Gasteiger partial charge in [-0.05, 0) is 45.3 Å². The maximum absolute atomic E-state index is 12.5. The van der Waals surface area contributed by atoms with E-state index in [1.165, 1.54) is 19.3 Å².